The smallest absolute Gasteiger partial charge is 0.246 e. The summed E-state index contributed by atoms with van der Waals surface area (Å²) < 4.78 is 25.4. The molecule has 0 unspecified atom stereocenters. The Morgan fingerprint density at radius 1 is 1.47 bits per heavy atom. The highest BCUT2D eigenvalue weighted by molar-refractivity contribution is 7.89. The van der Waals surface area contributed by atoms with Crippen LogP contribution in [0.4, 0.5) is 0 Å². The summed E-state index contributed by atoms with van der Waals surface area (Å²) in [6, 6.07) is 0. The van der Waals surface area contributed by atoms with Gasteiger partial charge in [-0.05, 0) is 12.8 Å². The van der Waals surface area contributed by atoms with Gasteiger partial charge < -0.3 is 0 Å². The van der Waals surface area contributed by atoms with Crippen molar-refractivity contribution >= 4 is 21.6 Å². The predicted octanol–water partition coefficient (Wildman–Crippen LogP) is 0.802. The number of nitrogens with zero attached hydrogens (tertiary/aromatic N) is 2. The summed E-state index contributed by atoms with van der Waals surface area (Å²) >= 11 is 5.92. The zero-order valence-corrected chi connectivity index (χ0v) is 9.63. The molecule has 0 spiro atoms. The van der Waals surface area contributed by atoms with Crippen LogP contribution in [0.3, 0.4) is 0 Å². The zero-order chi connectivity index (χ0) is 10.9. The lowest BCUT2D eigenvalue weighted by Gasteiger charge is -2.27. The van der Waals surface area contributed by atoms with Crippen LogP contribution in [0.5, 0.6) is 0 Å². The molecular weight excluding hydrogens is 238 g/mol. The highest BCUT2D eigenvalue weighted by Gasteiger charge is 2.29. The van der Waals surface area contributed by atoms with Crippen LogP contribution < -0.4 is 0 Å². The fraction of sp³-hybridized carbons (Fsp3) is 0.625. The molecule has 2 rings (SSSR count). The second-order valence-corrected chi connectivity index (χ2v) is 6.07. The van der Waals surface area contributed by atoms with Crippen molar-refractivity contribution in [2.24, 2.45) is 0 Å². The lowest BCUT2D eigenvalue weighted by atomic mass is 10.2. The number of aromatic nitrogens is 2. The summed E-state index contributed by atoms with van der Waals surface area (Å²) in [5.41, 5.74) is 0. The molecule has 0 aliphatic carbocycles. The minimum Gasteiger partial charge on any atom is -0.284 e. The number of hydrogen-bond acceptors (Lipinski definition) is 3. The van der Waals surface area contributed by atoms with Gasteiger partial charge in [-0.25, -0.2) is 8.42 Å². The van der Waals surface area contributed by atoms with Crippen molar-refractivity contribution in [1.82, 2.24) is 14.5 Å². The molecule has 5 nitrogen and oxygen atoms in total. The third-order valence-corrected chi connectivity index (χ3v) is 4.79. The lowest BCUT2D eigenvalue weighted by molar-refractivity contribution is 0.350. The number of rotatable bonds is 2. The van der Waals surface area contributed by atoms with Crippen LogP contribution in [-0.2, 0) is 10.0 Å². The standard InChI is InChI=1S/C8H12ClN3O2S/c9-7-1-3-12(4-2-7)15(13,14)8-5-10-11-6-8/h5-7H,1-4H2,(H,10,11). The summed E-state index contributed by atoms with van der Waals surface area (Å²) in [5.74, 6) is 0. The van der Waals surface area contributed by atoms with E-state index in [4.69, 9.17) is 11.6 Å². The van der Waals surface area contributed by atoms with E-state index in [9.17, 15) is 8.42 Å². The Morgan fingerprint density at radius 3 is 2.67 bits per heavy atom. The van der Waals surface area contributed by atoms with Gasteiger partial charge in [0.25, 0.3) is 0 Å². The van der Waals surface area contributed by atoms with Crippen molar-refractivity contribution in [3.63, 3.8) is 0 Å². The van der Waals surface area contributed by atoms with E-state index in [2.05, 4.69) is 10.2 Å². The molecule has 15 heavy (non-hydrogen) atoms. The summed E-state index contributed by atoms with van der Waals surface area (Å²) in [5, 5.41) is 6.24. The van der Waals surface area contributed by atoms with Gasteiger partial charge in [-0.15, -0.1) is 11.6 Å². The van der Waals surface area contributed by atoms with Crippen LogP contribution in [0.15, 0.2) is 17.3 Å². The molecular formula is C8H12ClN3O2S. The maximum absolute atomic E-state index is 12.0. The molecule has 1 aromatic heterocycles. The van der Waals surface area contributed by atoms with Crippen molar-refractivity contribution in [3.05, 3.63) is 12.4 Å². The molecule has 0 aromatic carbocycles. The number of aromatic amines is 1. The van der Waals surface area contributed by atoms with E-state index in [0.717, 1.165) is 0 Å². The maximum Gasteiger partial charge on any atom is 0.246 e. The van der Waals surface area contributed by atoms with E-state index in [0.29, 0.717) is 25.9 Å². The van der Waals surface area contributed by atoms with Crippen molar-refractivity contribution in [3.8, 4) is 0 Å². The highest BCUT2D eigenvalue weighted by Crippen LogP contribution is 2.21. The van der Waals surface area contributed by atoms with Crippen molar-refractivity contribution in [2.75, 3.05) is 13.1 Å². The van der Waals surface area contributed by atoms with Gasteiger partial charge in [0.2, 0.25) is 10.0 Å². The van der Waals surface area contributed by atoms with Crippen LogP contribution >= 0.6 is 11.6 Å². The zero-order valence-electron chi connectivity index (χ0n) is 8.06. The van der Waals surface area contributed by atoms with Crippen LogP contribution in [-0.4, -0.2) is 41.4 Å². The first-order chi connectivity index (χ1) is 7.10. The molecule has 0 radical (unpaired) electrons. The number of hydrogen-bond donors (Lipinski definition) is 1. The third kappa shape index (κ3) is 2.16. The monoisotopic (exact) mass is 249 g/mol. The first-order valence-corrected chi connectivity index (χ1v) is 6.61. The number of piperidine rings is 1. The van der Waals surface area contributed by atoms with E-state index in [-0.39, 0.29) is 10.3 Å². The van der Waals surface area contributed by atoms with Gasteiger partial charge in [0.15, 0.2) is 0 Å². The molecule has 7 heteroatoms. The average molecular weight is 250 g/mol. The molecule has 1 N–H and O–H groups in total. The van der Waals surface area contributed by atoms with Gasteiger partial charge in [0, 0.05) is 24.7 Å². The lowest BCUT2D eigenvalue weighted by Crippen LogP contribution is -2.38. The Kier molecular flexibility index (Phi) is 2.99. The number of halogens is 1. The molecule has 1 saturated heterocycles. The van der Waals surface area contributed by atoms with Gasteiger partial charge in [-0.3, -0.25) is 5.10 Å². The summed E-state index contributed by atoms with van der Waals surface area (Å²) in [6.45, 7) is 0.976. The van der Waals surface area contributed by atoms with Gasteiger partial charge >= 0.3 is 0 Å². The number of alkyl halides is 1. The van der Waals surface area contributed by atoms with Crippen LogP contribution in [0, 0.1) is 0 Å². The van der Waals surface area contributed by atoms with E-state index < -0.39 is 10.0 Å². The van der Waals surface area contributed by atoms with Gasteiger partial charge in [-0.2, -0.15) is 9.40 Å². The summed E-state index contributed by atoms with van der Waals surface area (Å²) in [7, 11) is -3.36. The molecule has 84 valence electrons. The SMILES string of the molecule is O=S(=O)(c1cn[nH]c1)N1CCC(Cl)CC1. The molecule has 2 heterocycles. The molecule has 0 bridgehead atoms. The Morgan fingerprint density at radius 2 is 2.13 bits per heavy atom. The largest absolute Gasteiger partial charge is 0.284 e. The number of nitrogens with one attached hydrogen (secondary N) is 1. The van der Waals surface area contributed by atoms with Crippen molar-refractivity contribution in [1.29, 1.82) is 0 Å². The third-order valence-electron chi connectivity index (χ3n) is 2.49. The summed E-state index contributed by atoms with van der Waals surface area (Å²) in [6.07, 6.45) is 4.13. The predicted molar refractivity (Wildman–Crippen MR) is 56.2 cm³/mol. The quantitative estimate of drug-likeness (QED) is 0.789. The van der Waals surface area contributed by atoms with E-state index in [1.54, 1.807) is 0 Å². The Labute approximate surface area is 93.5 Å². The van der Waals surface area contributed by atoms with Crippen LogP contribution in [0.1, 0.15) is 12.8 Å². The number of sulfonamides is 1. The summed E-state index contributed by atoms with van der Waals surface area (Å²) in [4.78, 5) is 0.218. The van der Waals surface area contributed by atoms with Crippen LogP contribution in [0.2, 0.25) is 0 Å². The Balaban J connectivity index is 2.17. The van der Waals surface area contributed by atoms with Crippen LogP contribution in [0.25, 0.3) is 0 Å². The minimum absolute atomic E-state index is 0.0980. The minimum atomic E-state index is -3.36. The Bertz CT molecular complexity index is 409. The fourth-order valence-electron chi connectivity index (χ4n) is 1.59. The molecule has 1 aromatic rings. The van der Waals surface area contributed by atoms with Crippen molar-refractivity contribution in [2.45, 2.75) is 23.1 Å². The van der Waals surface area contributed by atoms with E-state index >= 15 is 0 Å². The molecule has 0 amide bonds. The highest BCUT2D eigenvalue weighted by atomic mass is 35.5. The normalized spacial score (nSPS) is 20.6. The molecule has 1 fully saturated rings. The van der Waals surface area contributed by atoms with Gasteiger partial charge in [0.05, 0.1) is 6.20 Å². The fourth-order valence-corrected chi connectivity index (χ4v) is 3.17. The first kappa shape index (κ1) is 10.9. The van der Waals surface area contributed by atoms with Gasteiger partial charge in [0.1, 0.15) is 4.90 Å². The molecule has 0 atom stereocenters. The Hall–Kier alpha value is -0.590. The topological polar surface area (TPSA) is 66.1 Å². The average Bonchev–Trinajstić information content (AvgIpc) is 2.71. The maximum atomic E-state index is 12.0. The second kappa shape index (κ2) is 4.11. The number of H-pyrrole nitrogens is 1. The van der Waals surface area contributed by atoms with E-state index in [1.807, 2.05) is 0 Å². The molecule has 1 aliphatic heterocycles. The molecule has 1 aliphatic rings. The van der Waals surface area contributed by atoms with Crippen molar-refractivity contribution < 1.29 is 8.42 Å². The second-order valence-electron chi connectivity index (χ2n) is 3.51. The van der Waals surface area contributed by atoms with E-state index in [1.165, 1.54) is 16.7 Å². The first-order valence-electron chi connectivity index (χ1n) is 4.74. The van der Waals surface area contributed by atoms with Gasteiger partial charge in [-0.1, -0.05) is 0 Å². The molecule has 0 saturated carbocycles.